The Hall–Kier alpha value is -1.49. The first-order valence-corrected chi connectivity index (χ1v) is 8.70. The smallest absolute Gasteiger partial charge is 0.410 e. The molecule has 1 heterocycles. The van der Waals surface area contributed by atoms with Gasteiger partial charge >= 0.3 is 6.09 Å². The number of hydrogen-bond acceptors (Lipinski definition) is 3. The van der Waals surface area contributed by atoms with E-state index in [9.17, 15) is 4.79 Å². The van der Waals surface area contributed by atoms with E-state index in [-0.39, 0.29) is 6.09 Å². The lowest BCUT2D eigenvalue weighted by Gasteiger charge is -2.26. The fourth-order valence-corrected chi connectivity index (χ4v) is 2.39. The number of hydrogen-bond donors (Lipinski definition) is 1. The maximum absolute atomic E-state index is 12.0. The standard InChI is InChI=1S/C18H33N3O2/c1-6-12-21-13-8-10-16(21)15-19-11-9-14-20(7-2)17(22)23-18(3,4)5/h8,10,13,19H,6-7,9,11-12,14-15H2,1-5H3. The average Bonchev–Trinajstić information content (AvgIpc) is 2.88. The van der Waals surface area contributed by atoms with Gasteiger partial charge in [-0.3, -0.25) is 0 Å². The van der Waals surface area contributed by atoms with Gasteiger partial charge in [0.15, 0.2) is 0 Å². The van der Waals surface area contributed by atoms with Gasteiger partial charge in [0.2, 0.25) is 0 Å². The van der Waals surface area contributed by atoms with Gasteiger partial charge in [0.25, 0.3) is 0 Å². The van der Waals surface area contributed by atoms with Gasteiger partial charge < -0.3 is 19.5 Å². The summed E-state index contributed by atoms with van der Waals surface area (Å²) in [6.07, 6.45) is 3.96. The Bertz CT molecular complexity index is 463. The topological polar surface area (TPSA) is 46.5 Å². The summed E-state index contributed by atoms with van der Waals surface area (Å²) in [5.41, 5.74) is 0.874. The molecule has 0 spiro atoms. The van der Waals surface area contributed by atoms with Crippen LogP contribution in [0.1, 0.15) is 53.2 Å². The number of rotatable bonds is 9. The molecule has 1 amide bonds. The zero-order valence-electron chi connectivity index (χ0n) is 15.4. The summed E-state index contributed by atoms with van der Waals surface area (Å²) in [7, 11) is 0. The van der Waals surface area contributed by atoms with Crippen molar-refractivity contribution in [1.82, 2.24) is 14.8 Å². The van der Waals surface area contributed by atoms with Crippen molar-refractivity contribution >= 4 is 6.09 Å². The second-order valence-corrected chi connectivity index (χ2v) is 6.78. The normalized spacial score (nSPS) is 11.5. The SMILES string of the molecule is CCCn1cccc1CNCCCN(CC)C(=O)OC(C)(C)C. The number of aromatic nitrogens is 1. The first kappa shape index (κ1) is 19.6. The molecule has 0 aliphatic rings. The molecule has 0 unspecified atom stereocenters. The minimum absolute atomic E-state index is 0.225. The van der Waals surface area contributed by atoms with Crippen molar-refractivity contribution in [3.63, 3.8) is 0 Å². The van der Waals surface area contributed by atoms with E-state index in [1.165, 1.54) is 5.69 Å². The second-order valence-electron chi connectivity index (χ2n) is 6.78. The summed E-state index contributed by atoms with van der Waals surface area (Å²) in [6.45, 7) is 14.1. The first-order chi connectivity index (χ1) is 10.9. The van der Waals surface area contributed by atoms with Gasteiger partial charge in [0.05, 0.1) is 0 Å². The van der Waals surface area contributed by atoms with Crippen molar-refractivity contribution < 1.29 is 9.53 Å². The molecule has 0 fully saturated rings. The minimum Gasteiger partial charge on any atom is -0.444 e. The third-order valence-corrected chi connectivity index (χ3v) is 3.51. The average molecular weight is 323 g/mol. The molecular formula is C18H33N3O2. The van der Waals surface area contributed by atoms with E-state index in [4.69, 9.17) is 4.74 Å². The van der Waals surface area contributed by atoms with Crippen LogP contribution in [-0.2, 0) is 17.8 Å². The van der Waals surface area contributed by atoms with Crippen molar-refractivity contribution in [3.05, 3.63) is 24.0 Å². The van der Waals surface area contributed by atoms with Crippen molar-refractivity contribution in [2.24, 2.45) is 0 Å². The van der Waals surface area contributed by atoms with E-state index in [1.807, 2.05) is 27.7 Å². The van der Waals surface area contributed by atoms with E-state index < -0.39 is 5.60 Å². The lowest BCUT2D eigenvalue weighted by atomic mass is 10.2. The number of amides is 1. The summed E-state index contributed by atoms with van der Waals surface area (Å²) in [4.78, 5) is 13.8. The number of nitrogens with zero attached hydrogens (tertiary/aromatic N) is 2. The van der Waals surface area contributed by atoms with E-state index >= 15 is 0 Å². The zero-order chi connectivity index (χ0) is 17.3. The summed E-state index contributed by atoms with van der Waals surface area (Å²) < 4.78 is 7.70. The molecule has 0 saturated heterocycles. The van der Waals surface area contributed by atoms with Crippen LogP contribution in [0, 0.1) is 0 Å². The Balaban J connectivity index is 2.27. The molecule has 0 aliphatic heterocycles. The largest absolute Gasteiger partial charge is 0.444 e. The number of ether oxygens (including phenoxy) is 1. The van der Waals surface area contributed by atoms with Crippen LogP contribution in [0.2, 0.25) is 0 Å². The highest BCUT2D eigenvalue weighted by Gasteiger charge is 2.20. The summed E-state index contributed by atoms with van der Waals surface area (Å²) in [5.74, 6) is 0. The molecule has 0 atom stereocenters. The summed E-state index contributed by atoms with van der Waals surface area (Å²) >= 11 is 0. The molecule has 5 nitrogen and oxygen atoms in total. The molecule has 0 radical (unpaired) electrons. The Morgan fingerprint density at radius 1 is 1.35 bits per heavy atom. The van der Waals surface area contributed by atoms with Crippen molar-refractivity contribution in [3.8, 4) is 0 Å². The van der Waals surface area contributed by atoms with Crippen LogP contribution in [0.3, 0.4) is 0 Å². The van der Waals surface area contributed by atoms with Crippen molar-refractivity contribution in [2.75, 3.05) is 19.6 Å². The van der Waals surface area contributed by atoms with Gasteiger partial charge in [-0.25, -0.2) is 4.79 Å². The van der Waals surface area contributed by atoms with Crippen molar-refractivity contribution in [2.45, 2.75) is 66.2 Å². The third kappa shape index (κ3) is 7.55. The molecular weight excluding hydrogens is 290 g/mol. The molecule has 0 saturated carbocycles. The Labute approximate surface area is 141 Å². The van der Waals surface area contributed by atoms with E-state index in [0.29, 0.717) is 13.1 Å². The molecule has 0 aromatic carbocycles. The molecule has 5 heteroatoms. The number of carbonyl (C=O) groups excluding carboxylic acids is 1. The van der Waals surface area contributed by atoms with Crippen LogP contribution in [0.15, 0.2) is 18.3 Å². The number of nitrogens with one attached hydrogen (secondary N) is 1. The maximum Gasteiger partial charge on any atom is 0.410 e. The number of aryl methyl sites for hydroxylation is 1. The Morgan fingerprint density at radius 2 is 2.09 bits per heavy atom. The summed E-state index contributed by atoms with van der Waals surface area (Å²) in [5, 5.41) is 3.45. The second kappa shape index (κ2) is 9.60. The van der Waals surface area contributed by atoms with Gasteiger partial charge in [-0.1, -0.05) is 6.92 Å². The number of carbonyl (C=O) groups is 1. The van der Waals surface area contributed by atoms with Crippen molar-refractivity contribution in [1.29, 1.82) is 0 Å². The lowest BCUT2D eigenvalue weighted by Crippen LogP contribution is -2.38. The highest BCUT2D eigenvalue weighted by molar-refractivity contribution is 5.68. The fourth-order valence-electron chi connectivity index (χ4n) is 2.39. The van der Waals surface area contributed by atoms with Gasteiger partial charge in [-0.2, -0.15) is 0 Å². The molecule has 0 bridgehead atoms. The molecule has 23 heavy (non-hydrogen) atoms. The van der Waals surface area contributed by atoms with E-state index in [0.717, 1.165) is 32.5 Å². The van der Waals surface area contributed by atoms with E-state index in [2.05, 4.69) is 35.1 Å². The molecule has 132 valence electrons. The predicted octanol–water partition coefficient (Wildman–Crippen LogP) is 3.63. The highest BCUT2D eigenvalue weighted by Crippen LogP contribution is 2.10. The zero-order valence-corrected chi connectivity index (χ0v) is 15.4. The van der Waals surface area contributed by atoms with Crippen LogP contribution in [0.5, 0.6) is 0 Å². The Morgan fingerprint density at radius 3 is 2.70 bits per heavy atom. The van der Waals surface area contributed by atoms with Gasteiger partial charge in [0, 0.05) is 38.1 Å². The van der Waals surface area contributed by atoms with Gasteiger partial charge in [-0.15, -0.1) is 0 Å². The van der Waals surface area contributed by atoms with E-state index in [1.54, 1.807) is 4.90 Å². The first-order valence-electron chi connectivity index (χ1n) is 8.70. The monoisotopic (exact) mass is 323 g/mol. The van der Waals surface area contributed by atoms with Crippen LogP contribution in [0.25, 0.3) is 0 Å². The molecule has 0 aliphatic carbocycles. The minimum atomic E-state index is -0.437. The Kier molecular flexibility index (Phi) is 8.17. The predicted molar refractivity (Wildman–Crippen MR) is 94.5 cm³/mol. The highest BCUT2D eigenvalue weighted by atomic mass is 16.6. The molecule has 1 rings (SSSR count). The fraction of sp³-hybridized carbons (Fsp3) is 0.722. The maximum atomic E-state index is 12.0. The van der Waals surface area contributed by atoms with Crippen LogP contribution in [-0.4, -0.2) is 40.8 Å². The van der Waals surface area contributed by atoms with Crippen LogP contribution < -0.4 is 5.32 Å². The van der Waals surface area contributed by atoms with Gasteiger partial charge in [0.1, 0.15) is 5.60 Å². The molecule has 1 aromatic heterocycles. The van der Waals surface area contributed by atoms with Gasteiger partial charge in [-0.05, 0) is 59.2 Å². The molecule has 1 aromatic rings. The molecule has 1 N–H and O–H groups in total. The quantitative estimate of drug-likeness (QED) is 0.706. The third-order valence-electron chi connectivity index (χ3n) is 3.51. The summed E-state index contributed by atoms with van der Waals surface area (Å²) in [6, 6.07) is 4.25. The van der Waals surface area contributed by atoms with Crippen LogP contribution >= 0.6 is 0 Å². The lowest BCUT2D eigenvalue weighted by molar-refractivity contribution is 0.0258. The van der Waals surface area contributed by atoms with Crippen LogP contribution in [0.4, 0.5) is 4.79 Å².